The smallest absolute Gasteiger partial charge is 0.252 e. The number of rotatable bonds is 8. The van der Waals surface area contributed by atoms with Crippen LogP contribution in [0.15, 0.2) is 53.9 Å². The van der Waals surface area contributed by atoms with Crippen molar-refractivity contribution in [3.8, 4) is 17.2 Å². The Labute approximate surface area is 181 Å². The summed E-state index contributed by atoms with van der Waals surface area (Å²) < 4.78 is 16.1. The van der Waals surface area contributed by atoms with Gasteiger partial charge in [-0.3, -0.25) is 4.79 Å². The number of methoxy groups -OCH3 is 3. The third-order valence-corrected chi connectivity index (χ3v) is 5.90. The third-order valence-electron chi connectivity index (χ3n) is 4.97. The number of carbonyl (C=O) groups excluding carboxylic acids is 1. The summed E-state index contributed by atoms with van der Waals surface area (Å²) in [6, 6.07) is 15.5. The fraction of sp³-hybridized carbons (Fsp3) is 0.292. The molecule has 0 fully saturated rings. The number of hydrogen-bond donors (Lipinski definition) is 1. The van der Waals surface area contributed by atoms with Gasteiger partial charge in [-0.15, -0.1) is 11.3 Å². The zero-order valence-electron chi connectivity index (χ0n) is 17.9. The van der Waals surface area contributed by atoms with Crippen LogP contribution >= 0.6 is 11.3 Å². The maximum absolute atomic E-state index is 13.2. The first-order valence-electron chi connectivity index (χ1n) is 9.72. The molecule has 1 atom stereocenters. The van der Waals surface area contributed by atoms with E-state index < -0.39 is 0 Å². The monoisotopic (exact) mass is 425 g/mol. The van der Waals surface area contributed by atoms with E-state index in [0.717, 1.165) is 10.4 Å². The first-order valence-corrected chi connectivity index (χ1v) is 10.6. The number of benzene rings is 2. The van der Waals surface area contributed by atoms with Crippen LogP contribution in [-0.2, 0) is 0 Å². The second kappa shape index (κ2) is 9.67. The van der Waals surface area contributed by atoms with Crippen molar-refractivity contribution in [1.29, 1.82) is 0 Å². The molecule has 1 N–H and O–H groups in total. The SMILES string of the molecule is COc1cc(C(=O)NC(c2ccc(C(C)C)cc2)c2cccs2)cc(OC)c1OC. The molecule has 1 unspecified atom stereocenters. The third kappa shape index (κ3) is 4.60. The van der Waals surface area contributed by atoms with Crippen molar-refractivity contribution in [2.45, 2.75) is 25.8 Å². The van der Waals surface area contributed by atoms with Gasteiger partial charge in [0.15, 0.2) is 11.5 Å². The molecule has 0 bridgehead atoms. The Kier molecular flexibility index (Phi) is 7.00. The lowest BCUT2D eigenvalue weighted by molar-refractivity contribution is 0.0942. The van der Waals surface area contributed by atoms with Crippen LogP contribution in [0.4, 0.5) is 0 Å². The number of ether oxygens (including phenoxy) is 3. The Hall–Kier alpha value is -2.99. The van der Waals surface area contributed by atoms with E-state index in [1.54, 1.807) is 23.5 Å². The molecule has 3 aromatic rings. The van der Waals surface area contributed by atoms with Gasteiger partial charge >= 0.3 is 0 Å². The second-order valence-corrected chi connectivity index (χ2v) is 8.14. The van der Waals surface area contributed by atoms with Crippen molar-refractivity contribution in [2.75, 3.05) is 21.3 Å². The molecule has 0 spiro atoms. The van der Waals surface area contributed by atoms with Crippen LogP contribution < -0.4 is 19.5 Å². The Morgan fingerprint density at radius 2 is 1.50 bits per heavy atom. The van der Waals surface area contributed by atoms with Crippen LogP contribution in [-0.4, -0.2) is 27.2 Å². The lowest BCUT2D eigenvalue weighted by atomic mass is 9.98. The largest absolute Gasteiger partial charge is 0.493 e. The first-order chi connectivity index (χ1) is 14.5. The molecule has 30 heavy (non-hydrogen) atoms. The van der Waals surface area contributed by atoms with E-state index in [4.69, 9.17) is 14.2 Å². The highest BCUT2D eigenvalue weighted by atomic mass is 32.1. The minimum atomic E-state index is -0.252. The molecule has 0 aliphatic rings. The zero-order chi connectivity index (χ0) is 21.7. The van der Waals surface area contributed by atoms with Gasteiger partial charge in [0, 0.05) is 10.4 Å². The van der Waals surface area contributed by atoms with E-state index in [1.165, 1.54) is 26.9 Å². The van der Waals surface area contributed by atoms with Crippen LogP contribution in [0, 0.1) is 0 Å². The highest BCUT2D eigenvalue weighted by Crippen LogP contribution is 2.38. The molecule has 1 amide bonds. The van der Waals surface area contributed by atoms with Gasteiger partial charge < -0.3 is 19.5 Å². The molecule has 5 nitrogen and oxygen atoms in total. The molecule has 0 aliphatic carbocycles. The van der Waals surface area contributed by atoms with Gasteiger partial charge in [-0.05, 0) is 40.6 Å². The average Bonchev–Trinajstić information content (AvgIpc) is 3.30. The minimum absolute atomic E-state index is 0.222. The predicted molar refractivity (Wildman–Crippen MR) is 120 cm³/mol. The molecule has 158 valence electrons. The van der Waals surface area contributed by atoms with Gasteiger partial charge in [0.05, 0.1) is 27.4 Å². The number of amides is 1. The Balaban J connectivity index is 1.94. The molecule has 1 aromatic heterocycles. The van der Waals surface area contributed by atoms with Gasteiger partial charge in [-0.2, -0.15) is 0 Å². The topological polar surface area (TPSA) is 56.8 Å². The zero-order valence-corrected chi connectivity index (χ0v) is 18.7. The molecule has 2 aromatic carbocycles. The van der Waals surface area contributed by atoms with Gasteiger partial charge in [0.2, 0.25) is 5.75 Å². The van der Waals surface area contributed by atoms with Crippen LogP contribution in [0.25, 0.3) is 0 Å². The van der Waals surface area contributed by atoms with Gasteiger partial charge in [0.1, 0.15) is 0 Å². The number of thiophene rings is 1. The Bertz CT molecular complexity index is 956. The maximum Gasteiger partial charge on any atom is 0.252 e. The lowest BCUT2D eigenvalue weighted by Gasteiger charge is -2.20. The summed E-state index contributed by atoms with van der Waals surface area (Å²) in [5.41, 5.74) is 2.73. The summed E-state index contributed by atoms with van der Waals surface area (Å²) in [5.74, 6) is 1.57. The average molecular weight is 426 g/mol. The summed E-state index contributed by atoms with van der Waals surface area (Å²) in [5, 5.41) is 5.17. The van der Waals surface area contributed by atoms with Crippen LogP contribution in [0.3, 0.4) is 0 Å². The Morgan fingerprint density at radius 3 is 1.97 bits per heavy atom. The molecule has 3 rings (SSSR count). The van der Waals surface area contributed by atoms with Gasteiger partial charge in [0.25, 0.3) is 5.91 Å². The molecule has 0 aliphatic heterocycles. The molecule has 1 heterocycles. The standard InChI is InChI=1S/C24H27NO4S/c1-15(2)16-8-10-17(11-9-16)22(21-7-6-12-30-21)25-24(26)18-13-19(27-3)23(29-5)20(14-18)28-4/h6-15,22H,1-5H3,(H,25,26). The fourth-order valence-electron chi connectivity index (χ4n) is 3.27. The van der Waals surface area contributed by atoms with Crippen molar-refractivity contribution >= 4 is 17.2 Å². The molecule has 0 radical (unpaired) electrons. The molecular weight excluding hydrogens is 398 g/mol. The van der Waals surface area contributed by atoms with Crippen LogP contribution in [0.1, 0.15) is 52.2 Å². The van der Waals surface area contributed by atoms with Gasteiger partial charge in [-0.1, -0.05) is 44.2 Å². The maximum atomic E-state index is 13.2. The minimum Gasteiger partial charge on any atom is -0.493 e. The quantitative estimate of drug-likeness (QED) is 0.524. The van der Waals surface area contributed by atoms with E-state index in [9.17, 15) is 4.79 Å². The predicted octanol–water partition coefficient (Wildman–Crippen LogP) is 5.42. The van der Waals surface area contributed by atoms with E-state index in [2.05, 4.69) is 43.4 Å². The lowest BCUT2D eigenvalue weighted by Crippen LogP contribution is -2.29. The molecule has 0 saturated carbocycles. The van der Waals surface area contributed by atoms with E-state index in [1.807, 2.05) is 17.5 Å². The van der Waals surface area contributed by atoms with Crippen molar-refractivity contribution in [2.24, 2.45) is 0 Å². The van der Waals surface area contributed by atoms with Crippen LogP contribution in [0.5, 0.6) is 17.2 Å². The van der Waals surface area contributed by atoms with E-state index >= 15 is 0 Å². The summed E-state index contributed by atoms with van der Waals surface area (Å²) >= 11 is 1.61. The normalized spacial score (nSPS) is 11.8. The van der Waals surface area contributed by atoms with Crippen molar-refractivity contribution in [1.82, 2.24) is 5.32 Å². The number of carbonyl (C=O) groups is 1. The molecule has 6 heteroatoms. The second-order valence-electron chi connectivity index (χ2n) is 7.16. The highest BCUT2D eigenvalue weighted by Gasteiger charge is 2.22. The number of nitrogens with one attached hydrogen (secondary N) is 1. The molecular formula is C24H27NO4S. The highest BCUT2D eigenvalue weighted by molar-refractivity contribution is 7.10. The van der Waals surface area contributed by atoms with Gasteiger partial charge in [-0.25, -0.2) is 0 Å². The van der Waals surface area contributed by atoms with E-state index in [0.29, 0.717) is 28.7 Å². The Morgan fingerprint density at radius 1 is 0.900 bits per heavy atom. The summed E-state index contributed by atoms with van der Waals surface area (Å²) in [6.07, 6.45) is 0. The summed E-state index contributed by atoms with van der Waals surface area (Å²) in [4.78, 5) is 14.2. The molecule has 0 saturated heterocycles. The summed E-state index contributed by atoms with van der Waals surface area (Å²) in [6.45, 7) is 4.33. The summed E-state index contributed by atoms with van der Waals surface area (Å²) in [7, 11) is 4.60. The fourth-order valence-corrected chi connectivity index (χ4v) is 4.08. The van der Waals surface area contributed by atoms with Crippen LogP contribution in [0.2, 0.25) is 0 Å². The van der Waals surface area contributed by atoms with Crippen molar-refractivity contribution in [3.63, 3.8) is 0 Å². The van der Waals surface area contributed by atoms with Crippen molar-refractivity contribution < 1.29 is 19.0 Å². The number of hydrogen-bond acceptors (Lipinski definition) is 5. The van der Waals surface area contributed by atoms with Crippen molar-refractivity contribution in [3.05, 3.63) is 75.5 Å². The first kappa shape index (κ1) is 21.7. The van der Waals surface area contributed by atoms with E-state index in [-0.39, 0.29) is 11.9 Å².